The van der Waals surface area contributed by atoms with Crippen LogP contribution in [-0.4, -0.2) is 25.5 Å². The molecule has 0 unspecified atom stereocenters. The quantitative estimate of drug-likeness (QED) is 0.569. The van der Waals surface area contributed by atoms with Gasteiger partial charge in [0, 0.05) is 18.0 Å². The molecular formula is C20H21N5O3. The first-order valence-corrected chi connectivity index (χ1v) is 8.98. The van der Waals surface area contributed by atoms with Gasteiger partial charge < -0.3 is 9.73 Å². The molecule has 0 atom stereocenters. The Kier molecular flexibility index (Phi) is 4.06. The molecule has 0 aliphatic rings. The van der Waals surface area contributed by atoms with Gasteiger partial charge in [0.2, 0.25) is 5.89 Å². The van der Waals surface area contributed by atoms with Crippen molar-refractivity contribution in [3.05, 3.63) is 63.5 Å². The minimum Gasteiger partial charge on any atom is -0.439 e. The van der Waals surface area contributed by atoms with Crippen LogP contribution < -0.4 is 10.9 Å². The van der Waals surface area contributed by atoms with E-state index in [0.717, 1.165) is 16.8 Å². The van der Waals surface area contributed by atoms with Crippen molar-refractivity contribution in [3.8, 4) is 0 Å². The fourth-order valence-electron chi connectivity index (χ4n) is 3.00. The Balaban J connectivity index is 1.55. The highest BCUT2D eigenvalue weighted by Gasteiger charge is 2.17. The second-order valence-electron chi connectivity index (χ2n) is 7.83. The minimum absolute atomic E-state index is 0.00548. The van der Waals surface area contributed by atoms with Crippen LogP contribution in [0.25, 0.3) is 16.7 Å². The second kappa shape index (κ2) is 6.33. The number of aryl methyl sites for hydroxylation is 1. The van der Waals surface area contributed by atoms with Crippen LogP contribution in [0.3, 0.4) is 0 Å². The number of carbonyl (C=O) groups is 1. The number of aromatic amines is 1. The van der Waals surface area contributed by atoms with E-state index >= 15 is 0 Å². The average molecular weight is 379 g/mol. The molecule has 0 saturated carbocycles. The summed E-state index contributed by atoms with van der Waals surface area (Å²) in [7, 11) is 0. The zero-order valence-corrected chi connectivity index (χ0v) is 16.2. The summed E-state index contributed by atoms with van der Waals surface area (Å²) < 4.78 is 6.94. The number of nitrogens with zero attached hydrogens (tertiary/aromatic N) is 3. The lowest BCUT2D eigenvalue weighted by Gasteiger charge is -2.18. The molecule has 0 fully saturated rings. The van der Waals surface area contributed by atoms with Gasteiger partial charge in [0.15, 0.2) is 11.2 Å². The monoisotopic (exact) mass is 379 g/mol. The van der Waals surface area contributed by atoms with Crippen LogP contribution in [0.15, 0.2) is 39.7 Å². The molecule has 1 amide bonds. The van der Waals surface area contributed by atoms with Crippen molar-refractivity contribution in [3.63, 3.8) is 0 Å². The molecule has 4 aromatic rings. The highest BCUT2D eigenvalue weighted by atomic mass is 16.3. The maximum absolute atomic E-state index is 12.5. The summed E-state index contributed by atoms with van der Waals surface area (Å²) in [6.07, 6.45) is 1.28. The summed E-state index contributed by atoms with van der Waals surface area (Å²) in [5.41, 5.74) is 3.29. The number of amides is 1. The molecule has 4 rings (SSSR count). The molecule has 8 nitrogen and oxygen atoms in total. The fraction of sp³-hybridized carbons (Fsp3) is 0.300. The summed E-state index contributed by atoms with van der Waals surface area (Å²) >= 11 is 0. The van der Waals surface area contributed by atoms with Crippen LogP contribution in [0.2, 0.25) is 0 Å². The second-order valence-corrected chi connectivity index (χ2v) is 7.83. The van der Waals surface area contributed by atoms with E-state index in [1.165, 1.54) is 10.7 Å². The van der Waals surface area contributed by atoms with Crippen LogP contribution in [0.5, 0.6) is 0 Å². The zero-order chi connectivity index (χ0) is 20.1. The molecule has 0 radical (unpaired) electrons. The average Bonchev–Trinajstić information content (AvgIpc) is 3.21. The smallest absolute Gasteiger partial charge is 0.285 e. The molecule has 0 saturated heterocycles. The molecule has 8 heteroatoms. The largest absolute Gasteiger partial charge is 0.439 e. The third-order valence-electron chi connectivity index (χ3n) is 4.56. The van der Waals surface area contributed by atoms with Gasteiger partial charge in [-0.15, -0.1) is 0 Å². The van der Waals surface area contributed by atoms with Gasteiger partial charge >= 0.3 is 0 Å². The molecule has 0 aliphatic carbocycles. The lowest BCUT2D eigenvalue weighted by Crippen LogP contribution is -2.31. The summed E-state index contributed by atoms with van der Waals surface area (Å²) in [5.74, 6) is -0.156. The van der Waals surface area contributed by atoms with Crippen molar-refractivity contribution < 1.29 is 9.21 Å². The third-order valence-corrected chi connectivity index (χ3v) is 4.56. The minimum atomic E-state index is -0.531. The maximum Gasteiger partial charge on any atom is 0.285 e. The predicted molar refractivity (Wildman–Crippen MR) is 104 cm³/mol. The van der Waals surface area contributed by atoms with Gasteiger partial charge in [0.05, 0.1) is 6.54 Å². The van der Waals surface area contributed by atoms with E-state index in [2.05, 4.69) is 41.2 Å². The fourth-order valence-corrected chi connectivity index (χ4v) is 3.00. The number of benzene rings is 1. The van der Waals surface area contributed by atoms with E-state index in [0.29, 0.717) is 17.1 Å². The van der Waals surface area contributed by atoms with Gasteiger partial charge in [-0.3, -0.25) is 14.7 Å². The first-order valence-electron chi connectivity index (χ1n) is 8.98. The Bertz CT molecular complexity index is 1260. The van der Waals surface area contributed by atoms with Gasteiger partial charge in [0.25, 0.3) is 11.5 Å². The van der Waals surface area contributed by atoms with E-state index in [1.54, 1.807) is 6.07 Å². The van der Waals surface area contributed by atoms with Crippen molar-refractivity contribution in [1.82, 2.24) is 24.9 Å². The highest BCUT2D eigenvalue weighted by Crippen LogP contribution is 2.26. The molecule has 0 spiro atoms. The number of H-pyrrole nitrogens is 1. The Labute approximate surface area is 160 Å². The van der Waals surface area contributed by atoms with Crippen molar-refractivity contribution >= 4 is 22.7 Å². The molecule has 28 heavy (non-hydrogen) atoms. The van der Waals surface area contributed by atoms with Crippen molar-refractivity contribution in [2.24, 2.45) is 0 Å². The normalized spacial score (nSPS) is 12.0. The summed E-state index contributed by atoms with van der Waals surface area (Å²) in [6.45, 7) is 8.27. The molecule has 144 valence electrons. The number of carbonyl (C=O) groups excluding carboxylic acids is 1. The van der Waals surface area contributed by atoms with E-state index < -0.39 is 11.5 Å². The van der Waals surface area contributed by atoms with Crippen molar-refractivity contribution in [1.29, 1.82) is 0 Å². The van der Waals surface area contributed by atoms with Gasteiger partial charge in [0.1, 0.15) is 11.1 Å². The van der Waals surface area contributed by atoms with Gasteiger partial charge in [-0.05, 0) is 30.0 Å². The first-order chi connectivity index (χ1) is 13.2. The van der Waals surface area contributed by atoms with Crippen LogP contribution in [-0.2, 0) is 12.0 Å². The standard InChI is InChI=1S/C20H21N5O3/c1-11-7-16-21-9-13(19(27)25(16)24-11)18(26)22-10-17-23-14-8-12(20(2,3)4)5-6-15(14)28-17/h5-9,24H,10H2,1-4H3,(H,22,26). The Hall–Kier alpha value is -3.42. The van der Waals surface area contributed by atoms with E-state index in [9.17, 15) is 9.59 Å². The van der Waals surface area contributed by atoms with Gasteiger partial charge in [-0.25, -0.2) is 14.5 Å². The molecular weight excluding hydrogens is 358 g/mol. The van der Waals surface area contributed by atoms with E-state index in [-0.39, 0.29) is 17.5 Å². The predicted octanol–water partition coefficient (Wildman–Crippen LogP) is 2.70. The molecule has 3 aromatic heterocycles. The zero-order valence-electron chi connectivity index (χ0n) is 16.2. The molecule has 1 aromatic carbocycles. The third kappa shape index (κ3) is 3.17. The number of hydrogen-bond acceptors (Lipinski definition) is 5. The number of fused-ring (bicyclic) bond motifs is 2. The number of oxazole rings is 1. The summed E-state index contributed by atoms with van der Waals surface area (Å²) in [5, 5.41) is 5.53. The van der Waals surface area contributed by atoms with Crippen LogP contribution >= 0.6 is 0 Å². The molecule has 3 heterocycles. The Morgan fingerprint density at radius 3 is 2.82 bits per heavy atom. The van der Waals surface area contributed by atoms with E-state index in [1.807, 2.05) is 25.1 Å². The highest BCUT2D eigenvalue weighted by molar-refractivity contribution is 5.93. The van der Waals surface area contributed by atoms with Crippen molar-refractivity contribution in [2.75, 3.05) is 0 Å². The maximum atomic E-state index is 12.5. The van der Waals surface area contributed by atoms with Gasteiger partial charge in [-0.1, -0.05) is 26.8 Å². The van der Waals surface area contributed by atoms with Crippen LogP contribution in [0.1, 0.15) is 48.3 Å². The summed E-state index contributed by atoms with van der Waals surface area (Å²) in [4.78, 5) is 33.5. The van der Waals surface area contributed by atoms with Gasteiger partial charge in [-0.2, -0.15) is 0 Å². The summed E-state index contributed by atoms with van der Waals surface area (Å²) in [6, 6.07) is 7.61. The number of aromatic nitrogens is 4. The van der Waals surface area contributed by atoms with Crippen LogP contribution in [0, 0.1) is 6.92 Å². The lowest BCUT2D eigenvalue weighted by molar-refractivity contribution is 0.0945. The number of hydrogen-bond donors (Lipinski definition) is 2. The SMILES string of the molecule is Cc1cc2ncc(C(=O)NCc3nc4cc(C(C)(C)C)ccc4o3)c(=O)n2[nH]1. The van der Waals surface area contributed by atoms with E-state index in [4.69, 9.17) is 4.42 Å². The lowest BCUT2D eigenvalue weighted by atomic mass is 9.87. The Morgan fingerprint density at radius 2 is 2.07 bits per heavy atom. The molecule has 2 N–H and O–H groups in total. The molecule has 0 aliphatic heterocycles. The van der Waals surface area contributed by atoms with Crippen LogP contribution in [0.4, 0.5) is 0 Å². The number of nitrogens with one attached hydrogen (secondary N) is 2. The Morgan fingerprint density at radius 1 is 1.29 bits per heavy atom. The molecule has 0 bridgehead atoms. The van der Waals surface area contributed by atoms with Crippen molar-refractivity contribution in [2.45, 2.75) is 39.7 Å². The topological polar surface area (TPSA) is 105 Å². The first kappa shape index (κ1) is 18.0. The number of rotatable bonds is 3.